The van der Waals surface area contributed by atoms with E-state index >= 15 is 0 Å². The Morgan fingerprint density at radius 1 is 1.33 bits per heavy atom. The van der Waals surface area contributed by atoms with Crippen LogP contribution in [0, 0.1) is 0 Å². The second-order valence-corrected chi connectivity index (χ2v) is 4.19. The number of rotatable bonds is 6. The van der Waals surface area contributed by atoms with Crippen LogP contribution < -0.4 is 15.4 Å². The van der Waals surface area contributed by atoms with E-state index < -0.39 is 0 Å². The van der Waals surface area contributed by atoms with Crippen LogP contribution in [0.5, 0.6) is 5.75 Å². The number of carbonyl (C=O) groups excluding carboxylic acids is 1. The van der Waals surface area contributed by atoms with Gasteiger partial charge in [-0.25, -0.2) is 4.79 Å². The Kier molecular flexibility index (Phi) is 6.05. The first-order valence-corrected chi connectivity index (χ1v) is 6.36. The monoisotopic (exact) mass is 250 g/mol. The molecule has 0 aliphatic heterocycles. The van der Waals surface area contributed by atoms with Crippen LogP contribution in [0.1, 0.15) is 32.3 Å². The standard InChI is InChI=1S/C14H22N2O2/c1-4-12(5-2)16-14(17)15-10-11-7-6-8-13(9-11)18-3/h6-9,12H,4-5,10H2,1-3H3,(H2,15,16,17). The van der Waals surface area contributed by atoms with E-state index in [1.165, 1.54) is 0 Å². The van der Waals surface area contributed by atoms with Crippen LogP contribution in [0.25, 0.3) is 0 Å². The highest BCUT2D eigenvalue weighted by atomic mass is 16.5. The summed E-state index contributed by atoms with van der Waals surface area (Å²) in [7, 11) is 1.63. The van der Waals surface area contributed by atoms with Crippen LogP contribution in [-0.2, 0) is 6.54 Å². The van der Waals surface area contributed by atoms with Gasteiger partial charge in [0, 0.05) is 12.6 Å². The zero-order chi connectivity index (χ0) is 13.4. The van der Waals surface area contributed by atoms with Crippen molar-refractivity contribution in [2.45, 2.75) is 39.3 Å². The van der Waals surface area contributed by atoms with Gasteiger partial charge in [0.1, 0.15) is 5.75 Å². The Hall–Kier alpha value is -1.71. The topological polar surface area (TPSA) is 50.4 Å². The number of nitrogens with one attached hydrogen (secondary N) is 2. The summed E-state index contributed by atoms with van der Waals surface area (Å²) in [6.45, 7) is 4.64. The van der Waals surface area contributed by atoms with Crippen LogP contribution in [0.4, 0.5) is 4.79 Å². The summed E-state index contributed by atoms with van der Waals surface area (Å²) >= 11 is 0. The summed E-state index contributed by atoms with van der Waals surface area (Å²) in [6.07, 6.45) is 1.89. The second-order valence-electron chi connectivity index (χ2n) is 4.19. The molecule has 0 atom stereocenters. The van der Waals surface area contributed by atoms with Crippen LogP contribution in [-0.4, -0.2) is 19.2 Å². The average Bonchev–Trinajstić information content (AvgIpc) is 2.42. The molecule has 0 unspecified atom stereocenters. The summed E-state index contributed by atoms with van der Waals surface area (Å²) in [5.74, 6) is 0.801. The third-order valence-corrected chi connectivity index (χ3v) is 2.91. The highest BCUT2D eigenvalue weighted by Gasteiger charge is 2.07. The maximum absolute atomic E-state index is 11.6. The molecule has 0 aliphatic rings. The number of carbonyl (C=O) groups is 1. The van der Waals surface area contributed by atoms with Crippen LogP contribution in [0.15, 0.2) is 24.3 Å². The van der Waals surface area contributed by atoms with Crippen LogP contribution in [0.2, 0.25) is 0 Å². The van der Waals surface area contributed by atoms with Crippen molar-refractivity contribution in [1.82, 2.24) is 10.6 Å². The van der Waals surface area contributed by atoms with Gasteiger partial charge in [0.25, 0.3) is 0 Å². The van der Waals surface area contributed by atoms with Crippen molar-refractivity contribution in [2.75, 3.05) is 7.11 Å². The number of hydrogen-bond acceptors (Lipinski definition) is 2. The Morgan fingerprint density at radius 2 is 2.06 bits per heavy atom. The molecule has 0 fully saturated rings. The maximum atomic E-state index is 11.6. The number of urea groups is 1. The molecule has 0 aliphatic carbocycles. The smallest absolute Gasteiger partial charge is 0.315 e. The third-order valence-electron chi connectivity index (χ3n) is 2.91. The van der Waals surface area contributed by atoms with Gasteiger partial charge in [-0.15, -0.1) is 0 Å². The van der Waals surface area contributed by atoms with Gasteiger partial charge in [-0.1, -0.05) is 26.0 Å². The van der Waals surface area contributed by atoms with Gasteiger partial charge >= 0.3 is 6.03 Å². The first-order valence-electron chi connectivity index (χ1n) is 6.36. The fourth-order valence-electron chi connectivity index (χ4n) is 1.69. The molecule has 0 aromatic heterocycles. The minimum Gasteiger partial charge on any atom is -0.497 e. The number of methoxy groups -OCH3 is 1. The fraction of sp³-hybridized carbons (Fsp3) is 0.500. The normalized spacial score (nSPS) is 10.2. The van der Waals surface area contributed by atoms with Gasteiger partial charge in [0.15, 0.2) is 0 Å². The molecule has 4 heteroatoms. The maximum Gasteiger partial charge on any atom is 0.315 e. The van der Waals surface area contributed by atoms with Gasteiger partial charge in [-0.05, 0) is 30.5 Å². The van der Waals surface area contributed by atoms with Crippen molar-refractivity contribution in [3.05, 3.63) is 29.8 Å². The Labute approximate surface area is 109 Å². The predicted octanol–water partition coefficient (Wildman–Crippen LogP) is 2.68. The molecule has 0 saturated heterocycles. The van der Waals surface area contributed by atoms with Crippen molar-refractivity contribution in [2.24, 2.45) is 0 Å². The molecule has 0 spiro atoms. The summed E-state index contributed by atoms with van der Waals surface area (Å²) in [6, 6.07) is 7.79. The second kappa shape index (κ2) is 7.58. The first-order chi connectivity index (χ1) is 8.69. The van der Waals surface area contributed by atoms with Gasteiger partial charge in [0.05, 0.1) is 7.11 Å². The zero-order valence-corrected chi connectivity index (χ0v) is 11.3. The molecule has 0 bridgehead atoms. The van der Waals surface area contributed by atoms with E-state index in [-0.39, 0.29) is 12.1 Å². The molecule has 18 heavy (non-hydrogen) atoms. The highest BCUT2D eigenvalue weighted by molar-refractivity contribution is 5.74. The molecular weight excluding hydrogens is 228 g/mol. The van der Waals surface area contributed by atoms with E-state index in [9.17, 15) is 4.79 Å². The molecule has 2 amide bonds. The largest absolute Gasteiger partial charge is 0.497 e. The molecule has 100 valence electrons. The lowest BCUT2D eigenvalue weighted by Gasteiger charge is -2.15. The minimum atomic E-state index is -0.119. The molecule has 1 aromatic carbocycles. The fourth-order valence-corrected chi connectivity index (χ4v) is 1.69. The van der Waals surface area contributed by atoms with Gasteiger partial charge < -0.3 is 15.4 Å². The summed E-state index contributed by atoms with van der Waals surface area (Å²) < 4.78 is 5.13. The number of amides is 2. The Bertz CT molecular complexity index is 376. The molecule has 0 heterocycles. The van der Waals surface area contributed by atoms with Crippen molar-refractivity contribution in [3.63, 3.8) is 0 Å². The molecule has 1 rings (SSSR count). The molecular formula is C14H22N2O2. The van der Waals surface area contributed by atoms with Crippen molar-refractivity contribution >= 4 is 6.03 Å². The lowest BCUT2D eigenvalue weighted by molar-refractivity contribution is 0.235. The molecule has 1 aromatic rings. The predicted molar refractivity (Wildman–Crippen MR) is 72.7 cm³/mol. The summed E-state index contributed by atoms with van der Waals surface area (Å²) in [4.78, 5) is 11.6. The quantitative estimate of drug-likeness (QED) is 0.815. The first kappa shape index (κ1) is 14.4. The van der Waals surface area contributed by atoms with Crippen LogP contribution >= 0.6 is 0 Å². The summed E-state index contributed by atoms with van der Waals surface area (Å²) in [5.41, 5.74) is 1.02. The van der Waals surface area contributed by atoms with E-state index in [0.717, 1.165) is 24.2 Å². The zero-order valence-electron chi connectivity index (χ0n) is 11.3. The van der Waals surface area contributed by atoms with Gasteiger partial charge in [-0.2, -0.15) is 0 Å². The van der Waals surface area contributed by atoms with Crippen molar-refractivity contribution < 1.29 is 9.53 Å². The van der Waals surface area contributed by atoms with Gasteiger partial charge in [0.2, 0.25) is 0 Å². The minimum absolute atomic E-state index is 0.119. The van der Waals surface area contributed by atoms with Crippen molar-refractivity contribution in [3.8, 4) is 5.75 Å². The van der Waals surface area contributed by atoms with E-state index in [0.29, 0.717) is 6.54 Å². The Morgan fingerprint density at radius 3 is 2.67 bits per heavy atom. The van der Waals surface area contributed by atoms with E-state index in [2.05, 4.69) is 24.5 Å². The van der Waals surface area contributed by atoms with Crippen molar-refractivity contribution in [1.29, 1.82) is 0 Å². The molecule has 0 saturated carbocycles. The van der Waals surface area contributed by atoms with Gasteiger partial charge in [-0.3, -0.25) is 0 Å². The Balaban J connectivity index is 2.42. The SMILES string of the molecule is CCC(CC)NC(=O)NCc1cccc(OC)c1. The lowest BCUT2D eigenvalue weighted by Crippen LogP contribution is -2.41. The molecule has 2 N–H and O–H groups in total. The van der Waals surface area contributed by atoms with E-state index in [4.69, 9.17) is 4.74 Å². The number of benzene rings is 1. The summed E-state index contributed by atoms with van der Waals surface area (Å²) in [5, 5.41) is 5.78. The molecule has 4 nitrogen and oxygen atoms in total. The number of ether oxygens (including phenoxy) is 1. The molecule has 0 radical (unpaired) electrons. The average molecular weight is 250 g/mol. The third kappa shape index (κ3) is 4.65. The van der Waals surface area contributed by atoms with E-state index in [1.807, 2.05) is 24.3 Å². The highest BCUT2D eigenvalue weighted by Crippen LogP contribution is 2.12. The number of hydrogen-bond donors (Lipinski definition) is 2. The van der Waals surface area contributed by atoms with Crippen LogP contribution in [0.3, 0.4) is 0 Å². The lowest BCUT2D eigenvalue weighted by atomic mass is 10.2. The van der Waals surface area contributed by atoms with E-state index in [1.54, 1.807) is 7.11 Å².